The maximum atomic E-state index is 12.6. The number of nitrogens with zero attached hydrogens (tertiary/aromatic N) is 5. The molecule has 0 saturated carbocycles. The summed E-state index contributed by atoms with van der Waals surface area (Å²) >= 11 is 0. The molecule has 29 heavy (non-hydrogen) atoms. The van der Waals surface area contributed by atoms with Gasteiger partial charge in [0.25, 0.3) is 5.89 Å². The first-order chi connectivity index (χ1) is 14.2. The molecule has 0 aliphatic heterocycles. The number of hydrogen-bond acceptors (Lipinski definition) is 5. The molecule has 0 fully saturated rings. The molecule has 0 atom stereocenters. The van der Waals surface area contributed by atoms with Gasteiger partial charge in [-0.05, 0) is 35.9 Å². The molecule has 0 saturated heterocycles. The summed E-state index contributed by atoms with van der Waals surface area (Å²) < 4.78 is 31.9. The Kier molecular flexibility index (Phi) is 4.12. The van der Waals surface area contributed by atoms with Crippen molar-refractivity contribution < 1.29 is 13.2 Å². The van der Waals surface area contributed by atoms with E-state index in [1.54, 1.807) is 16.8 Å². The zero-order chi connectivity index (χ0) is 19.8. The average molecular weight is 392 g/mol. The van der Waals surface area contributed by atoms with Crippen molar-refractivity contribution in [1.82, 2.24) is 30.2 Å². The minimum atomic E-state index is -2.78. The number of aromatic nitrogens is 6. The van der Waals surface area contributed by atoms with E-state index in [0.717, 1.165) is 27.7 Å². The third kappa shape index (κ3) is 3.38. The van der Waals surface area contributed by atoms with Gasteiger partial charge in [0.15, 0.2) is 0 Å². The van der Waals surface area contributed by atoms with Gasteiger partial charge >= 0.3 is 6.43 Å². The fourth-order valence-electron chi connectivity index (χ4n) is 3.10. The molecule has 0 bridgehead atoms. The lowest BCUT2D eigenvalue weighted by atomic mass is 10.1. The van der Waals surface area contributed by atoms with Crippen molar-refractivity contribution in [1.29, 1.82) is 0 Å². The number of hydrogen-bond donors (Lipinski definition) is 1. The molecule has 0 radical (unpaired) electrons. The number of benzene rings is 2. The average Bonchev–Trinajstić information content (AvgIpc) is 3.48. The number of rotatable bonds is 5. The summed E-state index contributed by atoms with van der Waals surface area (Å²) in [6.45, 7) is 0.520. The number of fused-ring (bicyclic) bond motifs is 1. The zero-order valence-electron chi connectivity index (χ0n) is 15.0. The summed E-state index contributed by atoms with van der Waals surface area (Å²) in [6.07, 6.45) is 1.00. The first-order valence-electron chi connectivity index (χ1n) is 8.84. The summed E-state index contributed by atoms with van der Waals surface area (Å²) in [7, 11) is 0. The van der Waals surface area contributed by atoms with Gasteiger partial charge in [0.1, 0.15) is 5.69 Å². The van der Waals surface area contributed by atoms with Crippen molar-refractivity contribution in [3.8, 4) is 22.7 Å². The van der Waals surface area contributed by atoms with Gasteiger partial charge in [0.2, 0.25) is 5.89 Å². The van der Waals surface area contributed by atoms with Crippen LogP contribution in [0.1, 0.15) is 17.9 Å². The predicted molar refractivity (Wildman–Crippen MR) is 101 cm³/mol. The van der Waals surface area contributed by atoms with E-state index in [0.29, 0.717) is 12.1 Å². The molecular weight excluding hydrogens is 378 g/mol. The fourth-order valence-corrected chi connectivity index (χ4v) is 3.10. The normalized spacial score (nSPS) is 11.6. The van der Waals surface area contributed by atoms with Gasteiger partial charge in [0.05, 0.1) is 12.7 Å². The molecule has 0 amide bonds. The lowest BCUT2D eigenvalue weighted by molar-refractivity contribution is 0.116. The standard InChI is InChI=1S/C20H14F2N6O/c21-18(22)20-26-25-19(29-20)13-3-1-12(2-4-13)10-28-11-17(24-27-28)14-5-6-16-15(9-14)7-8-23-16/h1-9,11,18,23H,10H2. The highest BCUT2D eigenvalue weighted by molar-refractivity contribution is 5.84. The van der Waals surface area contributed by atoms with E-state index in [4.69, 9.17) is 4.42 Å². The Bertz CT molecular complexity index is 1270. The first-order valence-corrected chi connectivity index (χ1v) is 8.84. The zero-order valence-corrected chi connectivity index (χ0v) is 15.0. The summed E-state index contributed by atoms with van der Waals surface area (Å²) in [6, 6.07) is 15.3. The Morgan fingerprint density at radius 2 is 1.79 bits per heavy atom. The van der Waals surface area contributed by atoms with Crippen molar-refractivity contribution >= 4 is 10.9 Å². The van der Waals surface area contributed by atoms with Crippen LogP contribution in [0, 0.1) is 0 Å². The lowest BCUT2D eigenvalue weighted by Gasteiger charge is -2.02. The molecule has 3 aromatic heterocycles. The molecule has 0 unspecified atom stereocenters. The molecule has 0 spiro atoms. The van der Waals surface area contributed by atoms with Crippen LogP contribution in [0.4, 0.5) is 8.78 Å². The van der Waals surface area contributed by atoms with Crippen molar-refractivity contribution in [2.24, 2.45) is 0 Å². The number of nitrogens with one attached hydrogen (secondary N) is 1. The smallest absolute Gasteiger partial charge is 0.314 e. The van der Waals surface area contributed by atoms with E-state index < -0.39 is 12.3 Å². The topological polar surface area (TPSA) is 85.4 Å². The number of halogens is 2. The van der Waals surface area contributed by atoms with E-state index in [9.17, 15) is 8.78 Å². The molecule has 0 aliphatic rings. The van der Waals surface area contributed by atoms with Crippen molar-refractivity contribution in [3.05, 3.63) is 72.4 Å². The minimum Gasteiger partial charge on any atom is -0.415 e. The van der Waals surface area contributed by atoms with Gasteiger partial charge in [-0.2, -0.15) is 8.78 Å². The van der Waals surface area contributed by atoms with E-state index in [1.165, 1.54) is 0 Å². The Labute approximate surface area is 163 Å². The van der Waals surface area contributed by atoms with Gasteiger partial charge in [-0.25, -0.2) is 4.68 Å². The predicted octanol–water partition coefficient (Wildman–Crippen LogP) is 4.46. The molecule has 0 aliphatic carbocycles. The Balaban J connectivity index is 1.32. The van der Waals surface area contributed by atoms with E-state index >= 15 is 0 Å². The largest absolute Gasteiger partial charge is 0.415 e. The van der Waals surface area contributed by atoms with Crippen LogP contribution in [0.15, 0.2) is 65.3 Å². The second-order valence-electron chi connectivity index (χ2n) is 6.52. The summed E-state index contributed by atoms with van der Waals surface area (Å²) in [4.78, 5) is 3.17. The van der Waals surface area contributed by atoms with Crippen LogP contribution < -0.4 is 0 Å². The molecule has 3 heterocycles. The molecule has 1 N–H and O–H groups in total. The SMILES string of the molecule is FC(F)c1nnc(-c2ccc(Cn3cc(-c4ccc5[nH]ccc5c4)nn3)cc2)o1. The fraction of sp³-hybridized carbons (Fsp3) is 0.100. The summed E-state index contributed by atoms with van der Waals surface area (Å²) in [5, 5.41) is 16.6. The quantitative estimate of drug-likeness (QED) is 0.477. The van der Waals surface area contributed by atoms with Crippen LogP contribution in [-0.4, -0.2) is 30.2 Å². The molecule has 5 aromatic rings. The van der Waals surface area contributed by atoms with Crippen molar-refractivity contribution in [2.45, 2.75) is 13.0 Å². The van der Waals surface area contributed by atoms with Gasteiger partial charge in [-0.1, -0.05) is 23.4 Å². The Hall–Kier alpha value is -3.88. The minimum absolute atomic E-state index is 0.0649. The Morgan fingerprint density at radius 3 is 2.59 bits per heavy atom. The maximum Gasteiger partial charge on any atom is 0.314 e. The van der Waals surface area contributed by atoms with E-state index in [2.05, 4.69) is 31.6 Å². The van der Waals surface area contributed by atoms with E-state index in [1.807, 2.05) is 42.7 Å². The van der Waals surface area contributed by atoms with Gasteiger partial charge in [0, 0.05) is 28.2 Å². The summed E-state index contributed by atoms with van der Waals surface area (Å²) in [5.41, 5.74) is 4.40. The van der Waals surface area contributed by atoms with E-state index in [-0.39, 0.29) is 5.89 Å². The number of aromatic amines is 1. The molecule has 7 nitrogen and oxygen atoms in total. The van der Waals surface area contributed by atoms with Crippen molar-refractivity contribution in [2.75, 3.05) is 0 Å². The third-order valence-electron chi connectivity index (χ3n) is 4.56. The highest BCUT2D eigenvalue weighted by Gasteiger charge is 2.17. The molecule has 2 aromatic carbocycles. The monoisotopic (exact) mass is 392 g/mol. The van der Waals surface area contributed by atoms with Gasteiger partial charge < -0.3 is 9.40 Å². The number of H-pyrrole nitrogens is 1. The van der Waals surface area contributed by atoms with Gasteiger partial charge in [-0.15, -0.1) is 15.3 Å². The first kappa shape index (κ1) is 17.2. The number of alkyl halides is 2. The van der Waals surface area contributed by atoms with Crippen LogP contribution in [0.3, 0.4) is 0 Å². The third-order valence-corrected chi connectivity index (χ3v) is 4.56. The van der Waals surface area contributed by atoms with Crippen LogP contribution in [0.2, 0.25) is 0 Å². The Morgan fingerprint density at radius 1 is 0.966 bits per heavy atom. The van der Waals surface area contributed by atoms with Crippen molar-refractivity contribution in [3.63, 3.8) is 0 Å². The van der Waals surface area contributed by atoms with Crippen LogP contribution in [0.25, 0.3) is 33.6 Å². The second kappa shape index (κ2) is 6.93. The highest BCUT2D eigenvalue weighted by Crippen LogP contribution is 2.24. The molecule has 5 rings (SSSR count). The van der Waals surface area contributed by atoms with Crippen LogP contribution in [-0.2, 0) is 6.54 Å². The lowest BCUT2D eigenvalue weighted by Crippen LogP contribution is -2.00. The maximum absolute atomic E-state index is 12.6. The van der Waals surface area contributed by atoms with Crippen LogP contribution >= 0.6 is 0 Å². The molecule has 9 heteroatoms. The summed E-state index contributed by atoms with van der Waals surface area (Å²) in [5.74, 6) is -0.618. The molecular formula is C20H14F2N6O. The second-order valence-corrected chi connectivity index (χ2v) is 6.52. The highest BCUT2D eigenvalue weighted by atomic mass is 19.3. The van der Waals surface area contributed by atoms with Crippen LogP contribution in [0.5, 0.6) is 0 Å². The molecule has 144 valence electrons. The van der Waals surface area contributed by atoms with Gasteiger partial charge in [-0.3, -0.25) is 0 Å².